The summed E-state index contributed by atoms with van der Waals surface area (Å²) in [5.41, 5.74) is 2.30. The van der Waals surface area contributed by atoms with Crippen molar-refractivity contribution >= 4 is 17.2 Å². The summed E-state index contributed by atoms with van der Waals surface area (Å²) in [6.07, 6.45) is 1.66. The van der Waals surface area contributed by atoms with Gasteiger partial charge in [0, 0.05) is 44.7 Å². The number of hydrogen-bond acceptors (Lipinski definition) is 6. The zero-order valence-corrected chi connectivity index (χ0v) is 17.1. The average molecular weight is 402 g/mol. The van der Waals surface area contributed by atoms with E-state index in [1.807, 2.05) is 29.2 Å². The first-order valence-electron chi connectivity index (χ1n) is 9.93. The summed E-state index contributed by atoms with van der Waals surface area (Å²) in [6, 6.07) is 8.07. The van der Waals surface area contributed by atoms with E-state index in [4.69, 9.17) is 14.5 Å². The van der Waals surface area contributed by atoms with Crippen LogP contribution in [-0.4, -0.2) is 59.6 Å². The lowest BCUT2D eigenvalue weighted by molar-refractivity contribution is -0.142. The van der Waals surface area contributed by atoms with E-state index in [0.29, 0.717) is 6.61 Å². The van der Waals surface area contributed by atoms with Crippen molar-refractivity contribution < 1.29 is 14.3 Å². The fourth-order valence-electron chi connectivity index (χ4n) is 3.60. The number of amides is 1. The van der Waals surface area contributed by atoms with Gasteiger partial charge in [0.05, 0.1) is 5.69 Å². The number of piperazine rings is 1. The lowest BCUT2D eigenvalue weighted by atomic mass is 10.2. The minimum absolute atomic E-state index is 0.168. The van der Waals surface area contributed by atoms with Crippen molar-refractivity contribution in [1.82, 2.24) is 14.8 Å². The molecule has 7 heteroatoms. The van der Waals surface area contributed by atoms with Gasteiger partial charge < -0.3 is 14.4 Å². The highest BCUT2D eigenvalue weighted by Crippen LogP contribution is 2.19. The number of carbonyl (C=O) groups is 1. The van der Waals surface area contributed by atoms with E-state index in [1.165, 1.54) is 5.56 Å². The first kappa shape index (κ1) is 19.4. The molecule has 2 fully saturated rings. The van der Waals surface area contributed by atoms with Gasteiger partial charge in [-0.1, -0.05) is 17.7 Å². The SMILES string of the molecule is Cc1ccc(OCc2nc(CN3CCN(C(=O)C4CCCO4)CC3)cs2)cc1. The molecule has 1 aromatic heterocycles. The fraction of sp³-hybridized carbons (Fsp3) is 0.524. The van der Waals surface area contributed by atoms with Crippen molar-refractivity contribution in [1.29, 1.82) is 0 Å². The molecule has 3 heterocycles. The van der Waals surface area contributed by atoms with E-state index in [0.717, 1.165) is 68.6 Å². The molecular formula is C21H27N3O3S. The number of rotatable bonds is 6. The van der Waals surface area contributed by atoms with Crippen LogP contribution in [0.25, 0.3) is 0 Å². The lowest BCUT2D eigenvalue weighted by Gasteiger charge is -2.35. The van der Waals surface area contributed by atoms with Gasteiger partial charge >= 0.3 is 0 Å². The van der Waals surface area contributed by atoms with Gasteiger partial charge in [0.2, 0.25) is 0 Å². The Labute approximate surface area is 170 Å². The maximum atomic E-state index is 12.4. The third-order valence-corrected chi connectivity index (χ3v) is 6.13. The van der Waals surface area contributed by atoms with E-state index in [1.54, 1.807) is 11.3 Å². The van der Waals surface area contributed by atoms with Crippen LogP contribution in [0.4, 0.5) is 0 Å². The van der Waals surface area contributed by atoms with Crippen molar-refractivity contribution in [3.05, 3.63) is 45.9 Å². The number of ether oxygens (including phenoxy) is 2. The molecule has 2 aliphatic heterocycles. The maximum Gasteiger partial charge on any atom is 0.251 e. The number of benzene rings is 1. The molecule has 0 bridgehead atoms. The van der Waals surface area contributed by atoms with E-state index < -0.39 is 0 Å². The summed E-state index contributed by atoms with van der Waals surface area (Å²) < 4.78 is 11.3. The van der Waals surface area contributed by atoms with Crippen molar-refractivity contribution in [2.45, 2.75) is 39.0 Å². The van der Waals surface area contributed by atoms with Crippen LogP contribution in [0.15, 0.2) is 29.6 Å². The number of thiazole rings is 1. The standard InChI is InChI=1S/C21H27N3O3S/c1-16-4-6-18(7-5-16)27-14-20-22-17(15-28-20)13-23-8-10-24(11-9-23)21(25)19-3-2-12-26-19/h4-7,15,19H,2-3,8-14H2,1H3. The van der Waals surface area contributed by atoms with Crippen LogP contribution in [0.1, 0.15) is 29.1 Å². The van der Waals surface area contributed by atoms with Crippen molar-refractivity contribution in [3.8, 4) is 5.75 Å². The number of hydrogen-bond donors (Lipinski definition) is 0. The van der Waals surface area contributed by atoms with Gasteiger partial charge in [-0.3, -0.25) is 9.69 Å². The monoisotopic (exact) mass is 401 g/mol. The molecule has 2 aromatic rings. The Kier molecular flexibility index (Phi) is 6.24. The van der Waals surface area contributed by atoms with E-state index in [-0.39, 0.29) is 12.0 Å². The van der Waals surface area contributed by atoms with E-state index >= 15 is 0 Å². The van der Waals surface area contributed by atoms with Gasteiger partial charge in [0.15, 0.2) is 0 Å². The Bertz CT molecular complexity index is 778. The first-order chi connectivity index (χ1) is 13.7. The summed E-state index contributed by atoms with van der Waals surface area (Å²) in [6.45, 7) is 7.40. The Morgan fingerprint density at radius 3 is 2.75 bits per heavy atom. The van der Waals surface area contributed by atoms with Gasteiger partial charge in [-0.05, 0) is 31.9 Å². The van der Waals surface area contributed by atoms with Crippen LogP contribution in [0.2, 0.25) is 0 Å². The molecule has 1 aromatic carbocycles. The number of nitrogens with zero attached hydrogens (tertiary/aromatic N) is 3. The molecule has 1 atom stereocenters. The normalized spacial score (nSPS) is 20.5. The van der Waals surface area contributed by atoms with Gasteiger partial charge in [-0.25, -0.2) is 4.98 Å². The molecule has 0 spiro atoms. The van der Waals surface area contributed by atoms with E-state index in [9.17, 15) is 4.79 Å². The minimum atomic E-state index is -0.207. The van der Waals surface area contributed by atoms with Crippen LogP contribution in [-0.2, 0) is 22.7 Å². The third-order valence-electron chi connectivity index (χ3n) is 5.26. The Hall–Kier alpha value is -1.96. The third kappa shape index (κ3) is 4.90. The van der Waals surface area contributed by atoms with Gasteiger partial charge in [-0.2, -0.15) is 0 Å². The number of carbonyl (C=O) groups excluding carboxylic acids is 1. The molecule has 1 unspecified atom stereocenters. The topological polar surface area (TPSA) is 54.9 Å². The minimum Gasteiger partial charge on any atom is -0.486 e. The molecule has 2 aliphatic rings. The molecule has 4 rings (SSSR count). The molecular weight excluding hydrogens is 374 g/mol. The number of aryl methyl sites for hydroxylation is 1. The highest BCUT2D eigenvalue weighted by atomic mass is 32.1. The smallest absolute Gasteiger partial charge is 0.251 e. The van der Waals surface area contributed by atoms with Crippen LogP contribution in [0, 0.1) is 6.92 Å². The molecule has 1 amide bonds. The second-order valence-electron chi connectivity index (χ2n) is 7.44. The first-order valence-corrected chi connectivity index (χ1v) is 10.8. The second-order valence-corrected chi connectivity index (χ2v) is 8.38. The second kappa shape index (κ2) is 9.03. The molecule has 2 saturated heterocycles. The van der Waals surface area contributed by atoms with Crippen molar-refractivity contribution in [3.63, 3.8) is 0 Å². The summed E-state index contributed by atoms with van der Waals surface area (Å²) in [5, 5.41) is 3.10. The Balaban J connectivity index is 1.22. The summed E-state index contributed by atoms with van der Waals surface area (Å²) in [4.78, 5) is 21.5. The molecule has 0 N–H and O–H groups in total. The Morgan fingerprint density at radius 1 is 1.25 bits per heavy atom. The predicted molar refractivity (Wildman–Crippen MR) is 108 cm³/mol. The molecule has 6 nitrogen and oxygen atoms in total. The highest BCUT2D eigenvalue weighted by Gasteiger charge is 2.30. The zero-order chi connectivity index (χ0) is 19.3. The average Bonchev–Trinajstić information content (AvgIpc) is 3.40. The summed E-state index contributed by atoms with van der Waals surface area (Å²) in [7, 11) is 0. The zero-order valence-electron chi connectivity index (χ0n) is 16.3. The molecule has 0 aliphatic carbocycles. The quantitative estimate of drug-likeness (QED) is 0.745. The molecule has 0 radical (unpaired) electrons. The molecule has 150 valence electrons. The van der Waals surface area contributed by atoms with Gasteiger partial charge in [0.1, 0.15) is 23.5 Å². The van der Waals surface area contributed by atoms with E-state index in [2.05, 4.69) is 17.2 Å². The maximum absolute atomic E-state index is 12.4. The van der Waals surface area contributed by atoms with Gasteiger partial charge in [0.25, 0.3) is 5.91 Å². The highest BCUT2D eigenvalue weighted by molar-refractivity contribution is 7.09. The van der Waals surface area contributed by atoms with Crippen LogP contribution in [0.3, 0.4) is 0 Å². The Morgan fingerprint density at radius 2 is 2.04 bits per heavy atom. The van der Waals surface area contributed by atoms with Crippen LogP contribution in [0.5, 0.6) is 5.75 Å². The number of aromatic nitrogens is 1. The fourth-order valence-corrected chi connectivity index (χ4v) is 4.30. The van der Waals surface area contributed by atoms with Crippen LogP contribution >= 0.6 is 11.3 Å². The predicted octanol–water partition coefficient (Wildman–Crippen LogP) is 2.85. The van der Waals surface area contributed by atoms with Gasteiger partial charge in [-0.15, -0.1) is 11.3 Å². The molecule has 28 heavy (non-hydrogen) atoms. The lowest BCUT2D eigenvalue weighted by Crippen LogP contribution is -2.51. The van der Waals surface area contributed by atoms with Crippen molar-refractivity contribution in [2.24, 2.45) is 0 Å². The molecule has 0 saturated carbocycles. The largest absolute Gasteiger partial charge is 0.486 e. The van der Waals surface area contributed by atoms with Crippen molar-refractivity contribution in [2.75, 3.05) is 32.8 Å². The van der Waals surface area contributed by atoms with Crippen LogP contribution < -0.4 is 4.74 Å². The summed E-state index contributed by atoms with van der Waals surface area (Å²) in [5.74, 6) is 1.04. The summed E-state index contributed by atoms with van der Waals surface area (Å²) >= 11 is 1.64.